The molecular weight excluding hydrogens is 358 g/mol. The van der Waals surface area contributed by atoms with Gasteiger partial charge < -0.3 is 10.1 Å². The molecule has 3 amide bonds. The van der Waals surface area contributed by atoms with Crippen LogP contribution in [0.5, 0.6) is 5.75 Å². The molecule has 0 aromatic heterocycles. The second-order valence-corrected chi connectivity index (χ2v) is 6.69. The average molecular weight is 383 g/mol. The van der Waals surface area contributed by atoms with E-state index in [1.54, 1.807) is 31.2 Å². The number of carbonyl (C=O) groups excluding carboxylic acids is 3. The molecule has 0 aliphatic heterocycles. The lowest BCUT2D eigenvalue weighted by Gasteiger charge is -2.16. The van der Waals surface area contributed by atoms with Gasteiger partial charge in [0.2, 0.25) is 5.91 Å². The molecular formula is C21H25N3O4. The first-order valence-electron chi connectivity index (χ1n) is 9.00. The molecule has 7 nitrogen and oxygen atoms in total. The molecule has 0 saturated heterocycles. The van der Waals surface area contributed by atoms with Gasteiger partial charge in [0.05, 0.1) is 0 Å². The Kier molecular flexibility index (Phi) is 7.14. The minimum atomic E-state index is -0.785. The number of ether oxygens (including phenoxy) is 1. The van der Waals surface area contributed by atoms with Gasteiger partial charge >= 0.3 is 0 Å². The molecule has 7 heteroatoms. The molecule has 0 heterocycles. The molecule has 0 bridgehead atoms. The quantitative estimate of drug-likeness (QED) is 0.668. The van der Waals surface area contributed by atoms with Crippen molar-refractivity contribution < 1.29 is 19.1 Å². The van der Waals surface area contributed by atoms with Crippen molar-refractivity contribution in [2.45, 2.75) is 39.7 Å². The molecule has 0 saturated carbocycles. The number of amides is 3. The average Bonchev–Trinajstić information content (AvgIpc) is 2.66. The Morgan fingerprint density at radius 3 is 2.00 bits per heavy atom. The lowest BCUT2D eigenvalue weighted by molar-refractivity contribution is -0.128. The zero-order chi connectivity index (χ0) is 20.7. The largest absolute Gasteiger partial charge is 0.481 e. The van der Waals surface area contributed by atoms with E-state index in [2.05, 4.69) is 30.0 Å². The zero-order valence-corrected chi connectivity index (χ0v) is 16.4. The van der Waals surface area contributed by atoms with Gasteiger partial charge in [0.1, 0.15) is 5.75 Å². The van der Waals surface area contributed by atoms with Gasteiger partial charge in [-0.25, -0.2) is 0 Å². The highest BCUT2D eigenvalue weighted by Gasteiger charge is 2.16. The molecule has 148 valence electrons. The fourth-order valence-electron chi connectivity index (χ4n) is 2.39. The van der Waals surface area contributed by atoms with Crippen molar-refractivity contribution in [1.29, 1.82) is 0 Å². The molecule has 0 fully saturated rings. The maximum atomic E-state index is 12.1. The van der Waals surface area contributed by atoms with Gasteiger partial charge in [-0.2, -0.15) is 0 Å². The van der Waals surface area contributed by atoms with E-state index in [9.17, 15) is 14.4 Å². The molecule has 0 aliphatic carbocycles. The maximum Gasteiger partial charge on any atom is 0.279 e. The topological polar surface area (TPSA) is 96.5 Å². The Labute approximate surface area is 164 Å². The van der Waals surface area contributed by atoms with E-state index in [1.807, 2.05) is 24.3 Å². The van der Waals surface area contributed by atoms with Crippen LogP contribution >= 0.6 is 0 Å². The number of nitrogens with one attached hydrogen (secondary N) is 3. The third-order valence-corrected chi connectivity index (χ3v) is 4.00. The zero-order valence-electron chi connectivity index (χ0n) is 16.4. The number of rotatable bonds is 6. The van der Waals surface area contributed by atoms with E-state index >= 15 is 0 Å². The molecule has 2 aromatic carbocycles. The van der Waals surface area contributed by atoms with Crippen LogP contribution in [0.4, 0.5) is 5.69 Å². The van der Waals surface area contributed by atoms with E-state index in [-0.39, 0.29) is 5.91 Å². The fourth-order valence-corrected chi connectivity index (χ4v) is 2.39. The van der Waals surface area contributed by atoms with Gasteiger partial charge in [0.15, 0.2) is 6.10 Å². The molecule has 0 spiro atoms. The standard InChI is InChI=1S/C21H25N3O4/c1-13(2)16-7-11-19(12-8-16)28-14(3)20(26)23-24-21(27)17-5-9-18(10-6-17)22-15(4)25/h5-14H,1-4H3,(H,22,25)(H,23,26)(H,24,27)/t14-/m0/s1. The number of anilines is 1. The molecule has 3 N–H and O–H groups in total. The number of carbonyl (C=O) groups is 3. The van der Waals surface area contributed by atoms with Crippen molar-refractivity contribution in [2.24, 2.45) is 0 Å². The highest BCUT2D eigenvalue weighted by Crippen LogP contribution is 2.19. The van der Waals surface area contributed by atoms with Crippen molar-refractivity contribution in [2.75, 3.05) is 5.32 Å². The molecule has 0 radical (unpaired) electrons. The van der Waals surface area contributed by atoms with Gasteiger partial charge in [-0.1, -0.05) is 26.0 Å². The SMILES string of the molecule is CC(=O)Nc1ccc(C(=O)NNC(=O)[C@H](C)Oc2ccc(C(C)C)cc2)cc1. The van der Waals surface area contributed by atoms with Gasteiger partial charge in [0, 0.05) is 18.2 Å². The molecule has 28 heavy (non-hydrogen) atoms. The van der Waals surface area contributed by atoms with Crippen LogP contribution in [0.1, 0.15) is 49.5 Å². The van der Waals surface area contributed by atoms with Crippen LogP contribution in [0.2, 0.25) is 0 Å². The smallest absolute Gasteiger partial charge is 0.279 e. The Balaban J connectivity index is 1.84. The third-order valence-electron chi connectivity index (χ3n) is 4.00. The van der Waals surface area contributed by atoms with E-state index < -0.39 is 17.9 Å². The number of hydrogen-bond acceptors (Lipinski definition) is 4. The summed E-state index contributed by atoms with van der Waals surface area (Å²) in [5.41, 5.74) is 6.79. The van der Waals surface area contributed by atoms with Crippen molar-refractivity contribution in [3.63, 3.8) is 0 Å². The Morgan fingerprint density at radius 1 is 0.857 bits per heavy atom. The number of hydrazine groups is 1. The van der Waals surface area contributed by atoms with Gasteiger partial charge in [0.25, 0.3) is 11.8 Å². The maximum absolute atomic E-state index is 12.1. The van der Waals surface area contributed by atoms with Gasteiger partial charge in [-0.15, -0.1) is 0 Å². The fraction of sp³-hybridized carbons (Fsp3) is 0.286. The van der Waals surface area contributed by atoms with E-state index in [0.717, 1.165) is 0 Å². The summed E-state index contributed by atoms with van der Waals surface area (Å²) in [6.07, 6.45) is -0.785. The molecule has 0 aliphatic rings. The number of hydrogen-bond donors (Lipinski definition) is 3. The van der Waals surface area contributed by atoms with Crippen LogP contribution in [0.3, 0.4) is 0 Å². The first-order chi connectivity index (χ1) is 13.3. The normalized spacial score (nSPS) is 11.5. The van der Waals surface area contributed by atoms with Crippen LogP contribution in [0.25, 0.3) is 0 Å². The second kappa shape index (κ2) is 9.55. The lowest BCUT2D eigenvalue weighted by Crippen LogP contribution is -2.47. The number of benzene rings is 2. The van der Waals surface area contributed by atoms with Crippen LogP contribution in [0, 0.1) is 0 Å². The minimum absolute atomic E-state index is 0.197. The van der Waals surface area contributed by atoms with Gasteiger partial charge in [-0.05, 0) is 54.8 Å². The molecule has 2 aromatic rings. The third kappa shape index (κ3) is 6.12. The molecule has 1 atom stereocenters. The van der Waals surface area contributed by atoms with E-state index in [4.69, 9.17) is 4.74 Å². The van der Waals surface area contributed by atoms with Crippen LogP contribution in [0.15, 0.2) is 48.5 Å². The van der Waals surface area contributed by atoms with E-state index in [1.165, 1.54) is 12.5 Å². The Bertz CT molecular complexity index is 830. The summed E-state index contributed by atoms with van der Waals surface area (Å²) in [7, 11) is 0. The van der Waals surface area contributed by atoms with Gasteiger partial charge in [-0.3, -0.25) is 25.2 Å². The summed E-state index contributed by atoms with van der Waals surface area (Å²) < 4.78 is 5.60. The summed E-state index contributed by atoms with van der Waals surface area (Å²) in [5, 5.41) is 2.61. The Hall–Kier alpha value is -3.35. The van der Waals surface area contributed by atoms with Crippen LogP contribution < -0.4 is 20.9 Å². The van der Waals surface area contributed by atoms with Crippen molar-refractivity contribution in [1.82, 2.24) is 10.9 Å². The second-order valence-electron chi connectivity index (χ2n) is 6.69. The lowest BCUT2D eigenvalue weighted by atomic mass is 10.0. The molecule has 0 unspecified atom stereocenters. The summed E-state index contributed by atoms with van der Waals surface area (Å²) in [6, 6.07) is 13.8. The summed E-state index contributed by atoms with van der Waals surface area (Å²) in [4.78, 5) is 35.2. The highest BCUT2D eigenvalue weighted by molar-refractivity contribution is 5.96. The summed E-state index contributed by atoms with van der Waals surface area (Å²) in [5.74, 6) is -0.158. The Morgan fingerprint density at radius 2 is 1.46 bits per heavy atom. The predicted octanol–water partition coefficient (Wildman–Crippen LogP) is 3.00. The first kappa shape index (κ1) is 21.0. The minimum Gasteiger partial charge on any atom is -0.481 e. The highest BCUT2D eigenvalue weighted by atomic mass is 16.5. The molecule has 2 rings (SSSR count). The van der Waals surface area contributed by atoms with Crippen LogP contribution in [-0.2, 0) is 9.59 Å². The predicted molar refractivity (Wildman–Crippen MR) is 107 cm³/mol. The first-order valence-corrected chi connectivity index (χ1v) is 9.00. The van der Waals surface area contributed by atoms with Crippen LogP contribution in [-0.4, -0.2) is 23.8 Å². The summed E-state index contributed by atoms with van der Waals surface area (Å²) in [6.45, 7) is 7.20. The van der Waals surface area contributed by atoms with Crippen molar-refractivity contribution >= 4 is 23.4 Å². The monoisotopic (exact) mass is 383 g/mol. The van der Waals surface area contributed by atoms with Crippen molar-refractivity contribution in [3.8, 4) is 5.75 Å². The summed E-state index contributed by atoms with van der Waals surface area (Å²) >= 11 is 0. The van der Waals surface area contributed by atoms with E-state index in [0.29, 0.717) is 22.9 Å². The van der Waals surface area contributed by atoms with Crippen molar-refractivity contribution in [3.05, 3.63) is 59.7 Å².